The molecule has 6 nitrogen and oxygen atoms in total. The van der Waals surface area contributed by atoms with E-state index in [4.69, 9.17) is 0 Å². The third kappa shape index (κ3) is 5.58. The minimum Gasteiger partial charge on any atom is -0.362 e. The maximum absolute atomic E-state index is 12.5. The van der Waals surface area contributed by atoms with E-state index in [1.807, 2.05) is 31.1 Å². The molecular weight excluding hydrogens is 365 g/mol. The minimum atomic E-state index is -4.40. The van der Waals surface area contributed by atoms with Gasteiger partial charge in [-0.1, -0.05) is 6.07 Å². The van der Waals surface area contributed by atoms with Gasteiger partial charge in [-0.05, 0) is 6.07 Å². The van der Waals surface area contributed by atoms with Crippen LogP contribution in [0, 0.1) is 0 Å². The lowest BCUT2D eigenvalue weighted by molar-refractivity contribution is -0.140. The largest absolute Gasteiger partial charge is 0.434 e. The first-order chi connectivity index (χ1) is 12.3. The summed E-state index contributed by atoms with van der Waals surface area (Å²) in [5.41, 5.74) is 0.169. The molecule has 2 N–H and O–H groups in total. The molecule has 0 aliphatic carbocycles. The monoisotopic (exact) mass is 386 g/mol. The second-order valence-electron chi connectivity index (χ2n) is 5.61. The van der Waals surface area contributed by atoms with Gasteiger partial charge in [0.2, 0.25) is 0 Å². The molecule has 0 amide bonds. The lowest BCUT2D eigenvalue weighted by Gasteiger charge is -2.17. The number of alkyl halides is 3. The molecule has 10 heteroatoms. The van der Waals surface area contributed by atoms with Gasteiger partial charge in [-0.3, -0.25) is 4.99 Å². The van der Waals surface area contributed by atoms with Crippen molar-refractivity contribution in [3.8, 4) is 0 Å². The number of aromatic nitrogens is 2. The molecule has 2 aromatic heterocycles. The van der Waals surface area contributed by atoms with Crippen molar-refractivity contribution in [1.82, 2.24) is 20.6 Å². The van der Waals surface area contributed by atoms with Gasteiger partial charge in [-0.15, -0.1) is 11.3 Å². The Morgan fingerprint density at radius 3 is 2.69 bits per heavy atom. The van der Waals surface area contributed by atoms with Gasteiger partial charge in [-0.2, -0.15) is 13.2 Å². The average Bonchev–Trinajstić information content (AvgIpc) is 3.07. The van der Waals surface area contributed by atoms with E-state index in [2.05, 4.69) is 25.6 Å². The van der Waals surface area contributed by atoms with E-state index in [1.165, 1.54) is 0 Å². The first-order valence-electron chi connectivity index (χ1n) is 7.88. The van der Waals surface area contributed by atoms with Gasteiger partial charge in [0, 0.05) is 57.8 Å². The molecule has 2 aromatic rings. The number of pyridine rings is 1. The van der Waals surface area contributed by atoms with Crippen LogP contribution in [0.3, 0.4) is 0 Å². The SMILES string of the molecule is CN=C(NCCc1nc(C(F)(F)F)cs1)NCc1cccnc1N(C)C. The molecule has 0 saturated carbocycles. The van der Waals surface area contributed by atoms with Crippen LogP contribution in [0.2, 0.25) is 0 Å². The van der Waals surface area contributed by atoms with Crippen LogP contribution in [0.25, 0.3) is 0 Å². The maximum atomic E-state index is 12.5. The van der Waals surface area contributed by atoms with Crippen LogP contribution in [0.1, 0.15) is 16.3 Å². The zero-order valence-electron chi connectivity index (χ0n) is 14.8. The number of halogens is 3. The number of guanidine groups is 1. The van der Waals surface area contributed by atoms with Crippen molar-refractivity contribution in [2.45, 2.75) is 19.1 Å². The van der Waals surface area contributed by atoms with Crippen LogP contribution in [-0.4, -0.2) is 43.6 Å². The minimum absolute atomic E-state index is 0.386. The third-order valence-corrected chi connectivity index (χ3v) is 4.34. The Labute approximate surface area is 154 Å². The Morgan fingerprint density at radius 1 is 1.31 bits per heavy atom. The quantitative estimate of drug-likeness (QED) is 0.590. The highest BCUT2D eigenvalue weighted by molar-refractivity contribution is 7.09. The van der Waals surface area contributed by atoms with Crippen LogP contribution < -0.4 is 15.5 Å². The van der Waals surface area contributed by atoms with Gasteiger partial charge >= 0.3 is 6.18 Å². The molecule has 0 spiro atoms. The van der Waals surface area contributed by atoms with E-state index in [9.17, 15) is 13.2 Å². The number of nitrogens with zero attached hydrogens (tertiary/aromatic N) is 4. The van der Waals surface area contributed by atoms with E-state index in [1.54, 1.807) is 13.2 Å². The highest BCUT2D eigenvalue weighted by Gasteiger charge is 2.33. The number of rotatable bonds is 6. The topological polar surface area (TPSA) is 65.4 Å². The van der Waals surface area contributed by atoms with Crippen molar-refractivity contribution in [1.29, 1.82) is 0 Å². The Hall–Kier alpha value is -2.36. The second-order valence-corrected chi connectivity index (χ2v) is 6.55. The number of nitrogens with one attached hydrogen (secondary N) is 2. The fraction of sp³-hybridized carbons (Fsp3) is 0.438. The fourth-order valence-corrected chi connectivity index (χ4v) is 3.02. The van der Waals surface area contributed by atoms with Gasteiger partial charge in [-0.25, -0.2) is 9.97 Å². The lowest BCUT2D eigenvalue weighted by atomic mass is 10.2. The molecule has 0 aromatic carbocycles. The smallest absolute Gasteiger partial charge is 0.362 e. The molecule has 0 aliphatic rings. The zero-order chi connectivity index (χ0) is 19.2. The Kier molecular flexibility index (Phi) is 6.78. The van der Waals surface area contributed by atoms with E-state index >= 15 is 0 Å². The maximum Gasteiger partial charge on any atom is 0.434 e. The van der Waals surface area contributed by atoms with Crippen LogP contribution >= 0.6 is 11.3 Å². The van der Waals surface area contributed by atoms with Crippen molar-refractivity contribution >= 4 is 23.1 Å². The highest BCUT2D eigenvalue weighted by Crippen LogP contribution is 2.29. The molecule has 0 aliphatic heterocycles. The summed E-state index contributed by atoms with van der Waals surface area (Å²) in [7, 11) is 5.47. The van der Waals surface area contributed by atoms with E-state index in [0.29, 0.717) is 30.5 Å². The average molecular weight is 386 g/mol. The van der Waals surface area contributed by atoms with E-state index < -0.39 is 11.9 Å². The molecule has 2 heterocycles. The van der Waals surface area contributed by atoms with Crippen molar-refractivity contribution in [3.63, 3.8) is 0 Å². The number of anilines is 1. The zero-order valence-corrected chi connectivity index (χ0v) is 15.6. The standard InChI is InChI=1S/C16H21F3N6S/c1-20-15(23-9-11-5-4-7-21-14(11)25(2)3)22-8-6-13-24-12(10-26-13)16(17,18)19/h4-5,7,10H,6,8-9H2,1-3H3,(H2,20,22,23). The van der Waals surface area contributed by atoms with Gasteiger partial charge in [0.05, 0.1) is 5.01 Å². The van der Waals surface area contributed by atoms with Crippen molar-refractivity contribution in [2.24, 2.45) is 4.99 Å². The van der Waals surface area contributed by atoms with Crippen LogP contribution in [0.4, 0.5) is 19.0 Å². The number of hydrogen-bond donors (Lipinski definition) is 2. The normalized spacial score (nSPS) is 12.2. The van der Waals surface area contributed by atoms with E-state index in [-0.39, 0.29) is 0 Å². The number of hydrogen-bond acceptors (Lipinski definition) is 5. The third-order valence-electron chi connectivity index (χ3n) is 3.43. The predicted molar refractivity (Wildman–Crippen MR) is 97.6 cm³/mol. The molecule has 0 radical (unpaired) electrons. The molecule has 0 bridgehead atoms. The summed E-state index contributed by atoms with van der Waals surface area (Å²) < 4.78 is 37.6. The highest BCUT2D eigenvalue weighted by atomic mass is 32.1. The summed E-state index contributed by atoms with van der Waals surface area (Å²) in [6.45, 7) is 0.953. The summed E-state index contributed by atoms with van der Waals surface area (Å²) >= 11 is 1.01. The van der Waals surface area contributed by atoms with E-state index in [0.717, 1.165) is 28.1 Å². The Balaban J connectivity index is 1.84. The fourth-order valence-electron chi connectivity index (χ4n) is 2.21. The summed E-state index contributed by atoms with van der Waals surface area (Å²) in [5.74, 6) is 1.42. The predicted octanol–water partition coefficient (Wildman–Crippen LogP) is 2.53. The molecule has 0 unspecified atom stereocenters. The number of thiazole rings is 1. The van der Waals surface area contributed by atoms with Gasteiger partial charge < -0.3 is 15.5 Å². The van der Waals surface area contributed by atoms with Gasteiger partial charge in [0.25, 0.3) is 0 Å². The van der Waals surface area contributed by atoms with Gasteiger partial charge in [0.1, 0.15) is 5.82 Å². The van der Waals surface area contributed by atoms with Crippen molar-refractivity contribution in [3.05, 3.63) is 40.0 Å². The van der Waals surface area contributed by atoms with Crippen LogP contribution in [-0.2, 0) is 19.1 Å². The van der Waals surface area contributed by atoms with Crippen LogP contribution in [0.15, 0.2) is 28.7 Å². The van der Waals surface area contributed by atoms with Crippen molar-refractivity contribution < 1.29 is 13.2 Å². The first kappa shape index (κ1) is 20.0. The Morgan fingerprint density at radius 2 is 2.08 bits per heavy atom. The Bertz CT molecular complexity index is 742. The first-order valence-corrected chi connectivity index (χ1v) is 8.76. The second kappa shape index (κ2) is 8.84. The summed E-state index contributed by atoms with van der Waals surface area (Å²) in [6.07, 6.45) is -2.28. The molecule has 142 valence electrons. The summed E-state index contributed by atoms with van der Waals surface area (Å²) in [5, 5.41) is 7.72. The molecule has 26 heavy (non-hydrogen) atoms. The molecule has 0 saturated heterocycles. The molecular formula is C16H21F3N6S. The molecule has 0 fully saturated rings. The molecule has 2 rings (SSSR count). The van der Waals surface area contributed by atoms with Gasteiger partial charge in [0.15, 0.2) is 11.7 Å². The summed E-state index contributed by atoms with van der Waals surface area (Å²) in [4.78, 5) is 14.0. The molecule has 0 atom stereocenters. The number of aliphatic imine (C=N–C) groups is 1. The van der Waals surface area contributed by atoms with Crippen LogP contribution in [0.5, 0.6) is 0 Å². The summed E-state index contributed by atoms with van der Waals surface area (Å²) in [6, 6.07) is 3.83. The lowest BCUT2D eigenvalue weighted by Crippen LogP contribution is -2.38. The van der Waals surface area contributed by atoms with Crippen molar-refractivity contribution in [2.75, 3.05) is 32.6 Å².